The number of amides is 2. The monoisotopic (exact) mass is 527 g/mol. The second kappa shape index (κ2) is 10.3. The number of likely N-dealkylation sites (tertiary alicyclic amines) is 1. The van der Waals surface area contributed by atoms with Crippen LogP contribution in [0, 0.1) is 11.7 Å². The van der Waals surface area contributed by atoms with E-state index in [2.05, 4.69) is 0 Å². The number of Topliss-reactive ketones (excluding diaryl/α,β-unsaturated/α-hetero) is 1. The van der Waals surface area contributed by atoms with Crippen molar-refractivity contribution in [1.82, 2.24) is 14.4 Å². The van der Waals surface area contributed by atoms with Gasteiger partial charge in [-0.25, -0.2) is 4.39 Å². The summed E-state index contributed by atoms with van der Waals surface area (Å²) in [5, 5.41) is 0.880. The van der Waals surface area contributed by atoms with Crippen LogP contribution in [0.25, 0.3) is 10.9 Å². The van der Waals surface area contributed by atoms with Crippen molar-refractivity contribution in [2.24, 2.45) is 13.0 Å². The van der Waals surface area contributed by atoms with Gasteiger partial charge in [-0.3, -0.25) is 14.4 Å². The van der Waals surface area contributed by atoms with E-state index in [-0.39, 0.29) is 17.3 Å². The van der Waals surface area contributed by atoms with E-state index in [0.717, 1.165) is 30.6 Å². The van der Waals surface area contributed by atoms with E-state index in [4.69, 9.17) is 11.6 Å². The third kappa shape index (κ3) is 4.89. The summed E-state index contributed by atoms with van der Waals surface area (Å²) in [6, 6.07) is 9.93. The zero-order valence-electron chi connectivity index (χ0n) is 20.0. The number of carbonyl (C=O) groups excluding carboxylic acids is 3. The number of benzene rings is 2. The Morgan fingerprint density at radius 3 is 2.42 bits per heavy atom. The van der Waals surface area contributed by atoms with Crippen LogP contribution in [-0.2, 0) is 18.3 Å². The van der Waals surface area contributed by atoms with Gasteiger partial charge in [0.2, 0.25) is 0 Å². The fourth-order valence-electron chi connectivity index (χ4n) is 5.05. The van der Waals surface area contributed by atoms with Gasteiger partial charge in [0, 0.05) is 44.0 Å². The molecule has 1 aromatic heterocycles. The van der Waals surface area contributed by atoms with Gasteiger partial charge in [0.15, 0.2) is 0 Å². The van der Waals surface area contributed by atoms with Gasteiger partial charge in [0.25, 0.3) is 17.6 Å². The highest BCUT2D eigenvalue weighted by atomic mass is 35.5. The van der Waals surface area contributed by atoms with Crippen LogP contribution in [0.3, 0.4) is 0 Å². The number of halogens is 2. The molecule has 9 heteroatoms. The molecule has 2 amide bonds. The predicted molar refractivity (Wildman–Crippen MR) is 140 cm³/mol. The Bertz CT molecular complexity index is 1330. The summed E-state index contributed by atoms with van der Waals surface area (Å²) in [5.74, 6) is 0.266. The number of ketones is 1. The summed E-state index contributed by atoms with van der Waals surface area (Å²) < 4.78 is 14.9. The number of aromatic nitrogens is 1. The number of piperidine rings is 1. The molecule has 6 nitrogen and oxygen atoms in total. The summed E-state index contributed by atoms with van der Waals surface area (Å²) in [7, 11) is 1.79. The molecule has 0 atom stereocenters. The van der Waals surface area contributed by atoms with E-state index in [1.807, 2.05) is 12.1 Å². The van der Waals surface area contributed by atoms with Gasteiger partial charge in [-0.15, -0.1) is 11.8 Å². The summed E-state index contributed by atoms with van der Waals surface area (Å²) in [5.41, 5.74) is 2.42. The number of fused-ring (bicyclic) bond motifs is 1. The number of rotatable bonds is 5. The van der Waals surface area contributed by atoms with Gasteiger partial charge in [0.1, 0.15) is 5.82 Å². The lowest BCUT2D eigenvalue weighted by molar-refractivity contribution is -0.125. The van der Waals surface area contributed by atoms with E-state index < -0.39 is 11.7 Å². The van der Waals surface area contributed by atoms with Crippen LogP contribution < -0.4 is 0 Å². The summed E-state index contributed by atoms with van der Waals surface area (Å²) in [6.07, 6.45) is 4.19. The minimum absolute atomic E-state index is 0.174. The second-order valence-corrected chi connectivity index (χ2v) is 11.0. The maximum Gasteiger partial charge on any atom is 0.295 e. The highest BCUT2D eigenvalue weighted by Gasteiger charge is 2.30. The van der Waals surface area contributed by atoms with E-state index in [0.29, 0.717) is 52.9 Å². The SMILES string of the molecule is Cn1cc(C(=O)C(=O)N2CCSC2)c2cc(C(=O)N3CCC(Cc4ccc(F)cc4)CC3)c(Cl)cc21. The number of carbonyl (C=O) groups is 3. The van der Waals surface area contributed by atoms with Gasteiger partial charge in [-0.1, -0.05) is 23.7 Å². The first-order valence-electron chi connectivity index (χ1n) is 12.1. The first-order chi connectivity index (χ1) is 17.3. The molecule has 0 radical (unpaired) electrons. The average molecular weight is 528 g/mol. The maximum atomic E-state index is 13.4. The molecule has 0 unspecified atom stereocenters. The van der Waals surface area contributed by atoms with Crippen molar-refractivity contribution in [3.63, 3.8) is 0 Å². The minimum atomic E-state index is -0.564. The van der Waals surface area contributed by atoms with Crippen molar-refractivity contribution in [1.29, 1.82) is 0 Å². The van der Waals surface area contributed by atoms with Gasteiger partial charge in [-0.05, 0) is 55.0 Å². The molecule has 0 N–H and O–H groups in total. The van der Waals surface area contributed by atoms with E-state index in [9.17, 15) is 18.8 Å². The van der Waals surface area contributed by atoms with Crippen molar-refractivity contribution >= 4 is 51.9 Å². The molecule has 2 fully saturated rings. The Morgan fingerprint density at radius 1 is 1.03 bits per heavy atom. The molecule has 2 aliphatic rings. The van der Waals surface area contributed by atoms with Crippen LogP contribution in [0.2, 0.25) is 5.02 Å². The maximum absolute atomic E-state index is 13.4. The molecule has 36 heavy (non-hydrogen) atoms. The lowest BCUT2D eigenvalue weighted by Crippen LogP contribution is -2.39. The zero-order valence-corrected chi connectivity index (χ0v) is 21.6. The molecule has 2 aliphatic heterocycles. The number of nitrogens with zero attached hydrogens (tertiary/aromatic N) is 3. The summed E-state index contributed by atoms with van der Waals surface area (Å²) in [6.45, 7) is 1.77. The number of aryl methyl sites for hydroxylation is 1. The van der Waals surface area contributed by atoms with Crippen molar-refractivity contribution < 1.29 is 18.8 Å². The molecule has 2 saturated heterocycles. The lowest BCUT2D eigenvalue weighted by Gasteiger charge is -2.32. The topological polar surface area (TPSA) is 62.6 Å². The molecule has 2 aromatic carbocycles. The van der Waals surface area contributed by atoms with Gasteiger partial charge in [0.05, 0.1) is 27.5 Å². The van der Waals surface area contributed by atoms with Crippen LogP contribution in [-0.4, -0.2) is 63.2 Å². The Labute approximate surface area is 218 Å². The normalized spacial score (nSPS) is 16.6. The molecule has 0 bridgehead atoms. The Balaban J connectivity index is 1.33. The standard InChI is InChI=1S/C27H27ClFN3O3S/c1-30-15-22(25(33)27(35)32-10-11-36-16-32)20-13-21(23(28)14-24(20)30)26(34)31-8-6-18(7-9-31)12-17-2-4-19(29)5-3-17/h2-5,13-15,18H,6-12,16H2,1H3. The average Bonchev–Trinajstić information content (AvgIpc) is 3.53. The second-order valence-electron chi connectivity index (χ2n) is 9.50. The number of thioether (sulfide) groups is 1. The molecule has 0 spiro atoms. The van der Waals surface area contributed by atoms with Crippen LogP contribution in [0.5, 0.6) is 0 Å². The Kier molecular flexibility index (Phi) is 7.08. The van der Waals surface area contributed by atoms with Crippen LogP contribution in [0.4, 0.5) is 4.39 Å². The molecular formula is C27H27ClFN3O3S. The summed E-state index contributed by atoms with van der Waals surface area (Å²) >= 11 is 8.16. The van der Waals surface area contributed by atoms with E-state index in [1.54, 1.807) is 51.5 Å². The third-order valence-electron chi connectivity index (χ3n) is 7.13. The van der Waals surface area contributed by atoms with Crippen molar-refractivity contribution in [3.8, 4) is 0 Å². The molecule has 188 valence electrons. The van der Waals surface area contributed by atoms with Gasteiger partial charge < -0.3 is 14.4 Å². The molecule has 5 rings (SSSR count). The first kappa shape index (κ1) is 24.8. The fraction of sp³-hybridized carbons (Fsp3) is 0.370. The van der Waals surface area contributed by atoms with Crippen molar-refractivity contribution in [2.75, 3.05) is 31.3 Å². The first-order valence-corrected chi connectivity index (χ1v) is 13.6. The van der Waals surface area contributed by atoms with Crippen LogP contribution >= 0.6 is 23.4 Å². The Hall–Kier alpha value is -2.84. The lowest BCUT2D eigenvalue weighted by atomic mass is 9.90. The highest BCUT2D eigenvalue weighted by Crippen LogP contribution is 2.31. The minimum Gasteiger partial charge on any atom is -0.350 e. The van der Waals surface area contributed by atoms with E-state index >= 15 is 0 Å². The van der Waals surface area contributed by atoms with Crippen LogP contribution in [0.1, 0.15) is 39.1 Å². The smallest absolute Gasteiger partial charge is 0.295 e. The molecule has 0 aliphatic carbocycles. The van der Waals surface area contributed by atoms with Crippen molar-refractivity contribution in [3.05, 3.63) is 70.1 Å². The third-order valence-corrected chi connectivity index (χ3v) is 8.41. The molecule has 3 heterocycles. The van der Waals surface area contributed by atoms with Crippen LogP contribution in [0.15, 0.2) is 42.6 Å². The summed E-state index contributed by atoms with van der Waals surface area (Å²) in [4.78, 5) is 42.6. The predicted octanol–water partition coefficient (Wildman–Crippen LogP) is 4.78. The van der Waals surface area contributed by atoms with Gasteiger partial charge in [-0.2, -0.15) is 0 Å². The highest BCUT2D eigenvalue weighted by molar-refractivity contribution is 7.99. The molecule has 0 saturated carbocycles. The number of hydrogen-bond donors (Lipinski definition) is 0. The largest absolute Gasteiger partial charge is 0.350 e. The quantitative estimate of drug-likeness (QED) is 0.354. The fourth-order valence-corrected chi connectivity index (χ4v) is 6.23. The van der Waals surface area contributed by atoms with Crippen molar-refractivity contribution in [2.45, 2.75) is 19.3 Å². The zero-order chi connectivity index (χ0) is 25.4. The molecule has 3 aromatic rings. The van der Waals surface area contributed by atoms with Gasteiger partial charge >= 0.3 is 0 Å². The number of hydrogen-bond acceptors (Lipinski definition) is 4. The van der Waals surface area contributed by atoms with E-state index in [1.165, 1.54) is 12.1 Å². The molecular weight excluding hydrogens is 501 g/mol. The Morgan fingerprint density at radius 2 is 1.75 bits per heavy atom.